The standard InChI is InChI=1S/C18H18FNO6S/c1-12(17(21)13-4-8-15(19)9-5-13)26-18(22)14-6-10-16(11-7-14)27(23,24)20(2)25-3/h4-12H,1-3H3/t12-/m1/s1. The summed E-state index contributed by atoms with van der Waals surface area (Å²) < 4.78 is 42.9. The lowest BCUT2D eigenvalue weighted by Crippen LogP contribution is -2.26. The van der Waals surface area contributed by atoms with Crippen LogP contribution in [-0.4, -0.2) is 44.9 Å². The summed E-state index contributed by atoms with van der Waals surface area (Å²) in [6.45, 7) is 1.40. The van der Waals surface area contributed by atoms with Crippen LogP contribution in [0.4, 0.5) is 4.39 Å². The van der Waals surface area contributed by atoms with Gasteiger partial charge in [-0.1, -0.05) is 4.47 Å². The molecule has 0 saturated carbocycles. The van der Waals surface area contributed by atoms with Crippen LogP contribution in [-0.2, 0) is 19.6 Å². The van der Waals surface area contributed by atoms with Crippen molar-refractivity contribution < 1.29 is 32.0 Å². The first-order valence-electron chi connectivity index (χ1n) is 7.80. The van der Waals surface area contributed by atoms with Gasteiger partial charge in [0.15, 0.2) is 6.10 Å². The van der Waals surface area contributed by atoms with Gasteiger partial charge in [-0.15, -0.1) is 0 Å². The van der Waals surface area contributed by atoms with Crippen molar-refractivity contribution in [3.05, 3.63) is 65.5 Å². The van der Waals surface area contributed by atoms with E-state index in [1.807, 2.05) is 0 Å². The van der Waals surface area contributed by atoms with Crippen molar-refractivity contribution in [2.75, 3.05) is 14.2 Å². The molecular formula is C18H18FNO6S. The predicted octanol–water partition coefficient (Wildman–Crippen LogP) is 2.44. The Morgan fingerprint density at radius 3 is 2.04 bits per heavy atom. The van der Waals surface area contributed by atoms with Gasteiger partial charge < -0.3 is 4.74 Å². The number of ketones is 1. The second-order valence-corrected chi connectivity index (χ2v) is 7.48. The summed E-state index contributed by atoms with van der Waals surface area (Å²) >= 11 is 0. The molecule has 7 nitrogen and oxygen atoms in total. The molecule has 0 aromatic heterocycles. The monoisotopic (exact) mass is 395 g/mol. The molecule has 9 heteroatoms. The number of hydrogen-bond donors (Lipinski definition) is 0. The van der Waals surface area contributed by atoms with Gasteiger partial charge in [-0.25, -0.2) is 17.6 Å². The summed E-state index contributed by atoms with van der Waals surface area (Å²) in [6.07, 6.45) is -1.09. The summed E-state index contributed by atoms with van der Waals surface area (Å²) in [5.41, 5.74) is 0.286. The first-order valence-corrected chi connectivity index (χ1v) is 9.24. The van der Waals surface area contributed by atoms with Gasteiger partial charge in [0.05, 0.1) is 17.6 Å². The van der Waals surface area contributed by atoms with Crippen LogP contribution in [0.1, 0.15) is 27.6 Å². The van der Waals surface area contributed by atoms with Crippen LogP contribution in [0.15, 0.2) is 53.4 Å². The maximum atomic E-state index is 12.9. The van der Waals surface area contributed by atoms with Crippen LogP contribution in [0.2, 0.25) is 0 Å². The average Bonchev–Trinajstić information content (AvgIpc) is 2.67. The van der Waals surface area contributed by atoms with E-state index in [-0.39, 0.29) is 16.0 Å². The maximum absolute atomic E-state index is 12.9. The van der Waals surface area contributed by atoms with E-state index in [2.05, 4.69) is 4.84 Å². The van der Waals surface area contributed by atoms with Crippen LogP contribution in [0, 0.1) is 5.82 Å². The maximum Gasteiger partial charge on any atom is 0.338 e. The minimum Gasteiger partial charge on any atom is -0.451 e. The van der Waals surface area contributed by atoms with Crippen LogP contribution < -0.4 is 0 Å². The summed E-state index contributed by atoms with van der Waals surface area (Å²) in [5, 5.41) is 0. The lowest BCUT2D eigenvalue weighted by molar-refractivity contribution is -0.0258. The molecule has 0 aliphatic carbocycles. The van der Waals surface area contributed by atoms with E-state index < -0.39 is 33.7 Å². The Morgan fingerprint density at radius 2 is 1.52 bits per heavy atom. The van der Waals surface area contributed by atoms with E-state index in [4.69, 9.17) is 4.74 Å². The van der Waals surface area contributed by atoms with Crippen molar-refractivity contribution in [1.29, 1.82) is 0 Å². The number of sulfonamides is 1. The molecule has 144 valence electrons. The molecule has 0 unspecified atom stereocenters. The third-order valence-electron chi connectivity index (χ3n) is 3.77. The summed E-state index contributed by atoms with van der Waals surface area (Å²) in [4.78, 5) is 29.0. The molecule has 2 aromatic rings. The number of benzene rings is 2. The Morgan fingerprint density at radius 1 is 1.00 bits per heavy atom. The topological polar surface area (TPSA) is 90.0 Å². The SMILES string of the molecule is CON(C)S(=O)(=O)c1ccc(C(=O)O[C@H](C)C(=O)c2ccc(F)cc2)cc1. The zero-order valence-corrected chi connectivity index (χ0v) is 15.7. The Balaban J connectivity index is 2.09. The van der Waals surface area contributed by atoms with Crippen molar-refractivity contribution in [1.82, 2.24) is 4.47 Å². The van der Waals surface area contributed by atoms with Crippen LogP contribution in [0.25, 0.3) is 0 Å². The molecule has 0 heterocycles. The highest BCUT2D eigenvalue weighted by Gasteiger charge is 2.23. The van der Waals surface area contributed by atoms with Crippen molar-refractivity contribution >= 4 is 21.8 Å². The fraction of sp³-hybridized carbons (Fsp3) is 0.222. The molecule has 0 aliphatic heterocycles. The van der Waals surface area contributed by atoms with Crippen LogP contribution >= 0.6 is 0 Å². The highest BCUT2D eigenvalue weighted by Crippen LogP contribution is 2.16. The fourth-order valence-corrected chi connectivity index (χ4v) is 3.11. The molecule has 27 heavy (non-hydrogen) atoms. The number of esters is 1. The Bertz CT molecular complexity index is 925. The molecule has 0 N–H and O–H groups in total. The van der Waals surface area contributed by atoms with Gasteiger partial charge >= 0.3 is 5.97 Å². The summed E-state index contributed by atoms with van der Waals surface area (Å²) in [6, 6.07) is 9.88. The van der Waals surface area contributed by atoms with Gasteiger partial charge in [-0.2, -0.15) is 0 Å². The first kappa shape index (κ1) is 20.7. The average molecular weight is 395 g/mol. The van der Waals surface area contributed by atoms with Gasteiger partial charge in [-0.05, 0) is 55.5 Å². The highest BCUT2D eigenvalue weighted by molar-refractivity contribution is 7.89. The highest BCUT2D eigenvalue weighted by atomic mass is 32.2. The molecular weight excluding hydrogens is 377 g/mol. The van der Waals surface area contributed by atoms with Gasteiger partial charge in [0.1, 0.15) is 5.82 Å². The number of carbonyl (C=O) groups excluding carboxylic acids is 2. The molecule has 2 rings (SSSR count). The van der Waals surface area contributed by atoms with E-state index in [1.165, 1.54) is 57.5 Å². The molecule has 0 fully saturated rings. The van der Waals surface area contributed by atoms with Crippen molar-refractivity contribution in [3.8, 4) is 0 Å². The molecule has 0 amide bonds. The fourth-order valence-electron chi connectivity index (χ4n) is 2.14. The normalized spacial score (nSPS) is 12.6. The number of rotatable bonds is 7. The Kier molecular flexibility index (Phi) is 6.42. The van der Waals surface area contributed by atoms with E-state index in [1.54, 1.807) is 0 Å². The van der Waals surface area contributed by atoms with E-state index in [0.29, 0.717) is 4.47 Å². The minimum atomic E-state index is -3.83. The van der Waals surface area contributed by atoms with E-state index >= 15 is 0 Å². The number of ether oxygens (including phenoxy) is 1. The molecule has 1 atom stereocenters. The van der Waals surface area contributed by atoms with Crippen LogP contribution in [0.3, 0.4) is 0 Å². The Labute approximate surface area is 156 Å². The number of halogens is 1. The molecule has 0 radical (unpaired) electrons. The van der Waals surface area contributed by atoms with Crippen molar-refractivity contribution in [2.24, 2.45) is 0 Å². The second kappa shape index (κ2) is 8.38. The largest absolute Gasteiger partial charge is 0.451 e. The Hall–Kier alpha value is -2.62. The molecule has 0 bridgehead atoms. The molecule has 2 aromatic carbocycles. The van der Waals surface area contributed by atoms with E-state index in [9.17, 15) is 22.4 Å². The number of hydroxylamine groups is 1. The smallest absolute Gasteiger partial charge is 0.338 e. The number of carbonyl (C=O) groups is 2. The zero-order chi connectivity index (χ0) is 20.2. The summed E-state index contributed by atoms with van der Waals surface area (Å²) in [5.74, 6) is -1.75. The van der Waals surface area contributed by atoms with Gasteiger partial charge in [0.2, 0.25) is 5.78 Å². The third kappa shape index (κ3) is 4.76. The van der Waals surface area contributed by atoms with Gasteiger partial charge in [-0.3, -0.25) is 9.63 Å². The third-order valence-corrected chi connectivity index (χ3v) is 5.46. The van der Waals surface area contributed by atoms with Crippen molar-refractivity contribution in [3.63, 3.8) is 0 Å². The minimum absolute atomic E-state index is 0.0705. The molecule has 0 aliphatic rings. The molecule has 0 spiro atoms. The number of hydrogen-bond acceptors (Lipinski definition) is 6. The molecule has 0 saturated heterocycles. The lowest BCUT2D eigenvalue weighted by atomic mass is 10.1. The first-order chi connectivity index (χ1) is 12.7. The quantitative estimate of drug-likeness (QED) is 0.406. The van der Waals surface area contributed by atoms with E-state index in [0.717, 1.165) is 12.1 Å². The predicted molar refractivity (Wildman–Crippen MR) is 94.0 cm³/mol. The number of nitrogens with zero attached hydrogens (tertiary/aromatic N) is 1. The lowest BCUT2D eigenvalue weighted by Gasteiger charge is -2.15. The second-order valence-electron chi connectivity index (χ2n) is 5.54. The van der Waals surface area contributed by atoms with Gasteiger partial charge in [0, 0.05) is 12.6 Å². The number of Topliss-reactive ketones (excluding diaryl/α,β-unsaturated/α-hetero) is 1. The van der Waals surface area contributed by atoms with Gasteiger partial charge in [0.25, 0.3) is 10.0 Å². The van der Waals surface area contributed by atoms with Crippen molar-refractivity contribution in [2.45, 2.75) is 17.9 Å². The van der Waals surface area contributed by atoms with Crippen LogP contribution in [0.5, 0.6) is 0 Å². The zero-order valence-electron chi connectivity index (χ0n) is 14.9. The summed E-state index contributed by atoms with van der Waals surface area (Å²) in [7, 11) is -1.39.